The number of nitrogens with one attached hydrogen (secondary N) is 2. The first-order chi connectivity index (χ1) is 12.0. The van der Waals surface area contributed by atoms with E-state index in [0.29, 0.717) is 19.4 Å². The minimum Gasteiger partial charge on any atom is -0.467 e. The van der Waals surface area contributed by atoms with Crippen LogP contribution >= 0.6 is 0 Å². The van der Waals surface area contributed by atoms with Gasteiger partial charge in [0.15, 0.2) is 0 Å². The Bertz CT molecular complexity index is 548. The van der Waals surface area contributed by atoms with E-state index >= 15 is 0 Å². The van der Waals surface area contributed by atoms with E-state index in [9.17, 15) is 14.4 Å². The third-order valence-corrected chi connectivity index (χ3v) is 3.49. The first kappa shape index (κ1) is 20.5. The minimum absolute atomic E-state index is 0.187. The molecule has 0 bridgehead atoms. The molecule has 0 aromatic heterocycles. The maximum absolute atomic E-state index is 11.6. The zero-order valence-electron chi connectivity index (χ0n) is 14.7. The summed E-state index contributed by atoms with van der Waals surface area (Å²) in [4.78, 5) is 34.3. The maximum atomic E-state index is 11.6. The maximum Gasteiger partial charge on any atom is 0.407 e. The molecule has 7 heteroatoms. The van der Waals surface area contributed by atoms with E-state index in [1.54, 1.807) is 6.92 Å². The minimum atomic E-state index is -0.640. The number of hydrogen-bond donors (Lipinski definition) is 2. The number of alkyl carbamates (subject to hydrolysis) is 1. The van der Waals surface area contributed by atoms with Crippen molar-refractivity contribution in [2.24, 2.45) is 0 Å². The van der Waals surface area contributed by atoms with Crippen molar-refractivity contribution in [1.29, 1.82) is 0 Å². The van der Waals surface area contributed by atoms with Gasteiger partial charge in [-0.05, 0) is 25.3 Å². The summed E-state index contributed by atoms with van der Waals surface area (Å²) in [6.07, 6.45) is 2.10. The quantitative estimate of drug-likeness (QED) is 0.498. The van der Waals surface area contributed by atoms with E-state index < -0.39 is 18.1 Å². The molecule has 0 fully saturated rings. The number of amides is 2. The molecular weight excluding hydrogens is 324 g/mol. The lowest BCUT2D eigenvalue weighted by atomic mass is 10.2. The fourth-order valence-corrected chi connectivity index (χ4v) is 2.10. The van der Waals surface area contributed by atoms with Crippen LogP contribution in [0.15, 0.2) is 30.3 Å². The molecule has 25 heavy (non-hydrogen) atoms. The second-order valence-corrected chi connectivity index (χ2v) is 5.61. The van der Waals surface area contributed by atoms with Gasteiger partial charge in [0.25, 0.3) is 0 Å². The summed E-state index contributed by atoms with van der Waals surface area (Å²) in [5.74, 6) is -0.653. The average Bonchev–Trinajstić information content (AvgIpc) is 2.62. The number of hydrogen-bond acceptors (Lipinski definition) is 5. The van der Waals surface area contributed by atoms with Crippen molar-refractivity contribution in [3.63, 3.8) is 0 Å². The first-order valence-corrected chi connectivity index (χ1v) is 8.34. The Morgan fingerprint density at radius 3 is 2.48 bits per heavy atom. The van der Waals surface area contributed by atoms with Crippen LogP contribution in [0.4, 0.5) is 4.79 Å². The molecule has 0 radical (unpaired) electrons. The number of esters is 1. The average molecular weight is 350 g/mol. The van der Waals surface area contributed by atoms with Gasteiger partial charge in [0.1, 0.15) is 12.6 Å². The Kier molecular flexibility index (Phi) is 9.74. The molecule has 0 aliphatic carbocycles. The van der Waals surface area contributed by atoms with Crippen LogP contribution in [0.1, 0.15) is 38.2 Å². The highest BCUT2D eigenvalue weighted by molar-refractivity contribution is 5.83. The van der Waals surface area contributed by atoms with Gasteiger partial charge < -0.3 is 20.1 Å². The summed E-state index contributed by atoms with van der Waals surface area (Å²) >= 11 is 0. The fraction of sp³-hybridized carbons (Fsp3) is 0.500. The third kappa shape index (κ3) is 9.34. The van der Waals surface area contributed by atoms with Gasteiger partial charge in [-0.15, -0.1) is 0 Å². The molecule has 1 rings (SSSR count). The number of unbranched alkanes of at least 4 members (excludes halogenated alkanes) is 2. The molecule has 2 amide bonds. The summed E-state index contributed by atoms with van der Waals surface area (Å²) in [6.45, 7) is 2.31. The number of carbonyl (C=O) groups excluding carboxylic acids is 3. The van der Waals surface area contributed by atoms with Gasteiger partial charge >= 0.3 is 12.1 Å². The predicted octanol–water partition coefficient (Wildman–Crippen LogP) is 2.15. The Morgan fingerprint density at radius 2 is 1.80 bits per heavy atom. The molecule has 1 atom stereocenters. The molecule has 0 saturated carbocycles. The van der Waals surface area contributed by atoms with Gasteiger partial charge in [-0.1, -0.05) is 36.8 Å². The van der Waals surface area contributed by atoms with Gasteiger partial charge in [0, 0.05) is 13.0 Å². The summed E-state index contributed by atoms with van der Waals surface area (Å²) in [6, 6.07) is 8.81. The van der Waals surface area contributed by atoms with Crippen LogP contribution in [0.2, 0.25) is 0 Å². The largest absolute Gasteiger partial charge is 0.467 e. The van der Waals surface area contributed by atoms with E-state index in [1.807, 2.05) is 30.3 Å². The van der Waals surface area contributed by atoms with Gasteiger partial charge in [-0.3, -0.25) is 4.79 Å². The van der Waals surface area contributed by atoms with Crippen LogP contribution in [0.25, 0.3) is 0 Å². The van der Waals surface area contributed by atoms with Crippen molar-refractivity contribution in [3.8, 4) is 0 Å². The molecule has 0 unspecified atom stereocenters. The van der Waals surface area contributed by atoms with E-state index in [1.165, 1.54) is 7.11 Å². The SMILES string of the molecule is COC(=O)[C@@H](C)NC(=O)CCCCCNC(=O)OCc1ccccc1. The van der Waals surface area contributed by atoms with Gasteiger partial charge in [-0.2, -0.15) is 0 Å². The lowest BCUT2D eigenvalue weighted by molar-refractivity contribution is -0.144. The molecular formula is C18H26N2O5. The third-order valence-electron chi connectivity index (χ3n) is 3.49. The van der Waals surface area contributed by atoms with E-state index in [-0.39, 0.29) is 12.5 Å². The lowest BCUT2D eigenvalue weighted by Crippen LogP contribution is -2.39. The monoisotopic (exact) mass is 350 g/mol. The Labute approximate surface area is 148 Å². The van der Waals surface area contributed by atoms with Gasteiger partial charge in [0.05, 0.1) is 7.11 Å². The number of benzene rings is 1. The van der Waals surface area contributed by atoms with Crippen LogP contribution in [0.3, 0.4) is 0 Å². The molecule has 0 heterocycles. The van der Waals surface area contributed by atoms with Crippen LogP contribution in [-0.2, 0) is 25.7 Å². The summed E-state index contributed by atoms with van der Waals surface area (Å²) in [7, 11) is 1.28. The van der Waals surface area contributed by atoms with Crippen molar-refractivity contribution in [2.75, 3.05) is 13.7 Å². The van der Waals surface area contributed by atoms with Gasteiger partial charge in [0.2, 0.25) is 5.91 Å². The Balaban J connectivity index is 2.01. The van der Waals surface area contributed by atoms with Crippen molar-refractivity contribution in [2.45, 2.75) is 45.3 Å². The smallest absolute Gasteiger partial charge is 0.407 e. The normalized spacial score (nSPS) is 11.3. The molecule has 1 aromatic rings. The van der Waals surface area contributed by atoms with E-state index in [0.717, 1.165) is 18.4 Å². The first-order valence-electron chi connectivity index (χ1n) is 8.34. The van der Waals surface area contributed by atoms with Crippen molar-refractivity contribution in [3.05, 3.63) is 35.9 Å². The molecule has 0 saturated heterocycles. The summed E-state index contributed by atoms with van der Waals surface area (Å²) in [5.41, 5.74) is 0.935. The van der Waals surface area contributed by atoms with Crippen molar-refractivity contribution >= 4 is 18.0 Å². The predicted molar refractivity (Wildman–Crippen MR) is 92.7 cm³/mol. The molecule has 138 valence electrons. The molecule has 0 spiro atoms. The standard InChI is InChI=1S/C18H26N2O5/c1-14(17(22)24-2)20-16(21)11-7-4-8-12-19-18(23)25-13-15-9-5-3-6-10-15/h3,5-6,9-10,14H,4,7-8,11-13H2,1-2H3,(H,19,23)(H,20,21)/t14-/m1/s1. The Hall–Kier alpha value is -2.57. The van der Waals surface area contributed by atoms with Gasteiger partial charge in [-0.25, -0.2) is 9.59 Å². The Morgan fingerprint density at radius 1 is 1.08 bits per heavy atom. The van der Waals surface area contributed by atoms with E-state index in [2.05, 4.69) is 15.4 Å². The molecule has 0 aliphatic heterocycles. The van der Waals surface area contributed by atoms with Crippen LogP contribution in [-0.4, -0.2) is 37.7 Å². The molecule has 2 N–H and O–H groups in total. The highest BCUT2D eigenvalue weighted by Gasteiger charge is 2.15. The van der Waals surface area contributed by atoms with Crippen LogP contribution in [0, 0.1) is 0 Å². The lowest BCUT2D eigenvalue weighted by Gasteiger charge is -2.11. The highest BCUT2D eigenvalue weighted by Crippen LogP contribution is 2.02. The van der Waals surface area contributed by atoms with Crippen LogP contribution in [0.5, 0.6) is 0 Å². The van der Waals surface area contributed by atoms with Crippen LogP contribution < -0.4 is 10.6 Å². The highest BCUT2D eigenvalue weighted by atomic mass is 16.5. The fourth-order valence-electron chi connectivity index (χ4n) is 2.10. The molecule has 0 aliphatic rings. The molecule has 1 aromatic carbocycles. The second-order valence-electron chi connectivity index (χ2n) is 5.61. The number of rotatable bonds is 10. The topological polar surface area (TPSA) is 93.7 Å². The molecule has 7 nitrogen and oxygen atoms in total. The van der Waals surface area contributed by atoms with E-state index in [4.69, 9.17) is 4.74 Å². The van der Waals surface area contributed by atoms with Crippen molar-refractivity contribution < 1.29 is 23.9 Å². The zero-order chi connectivity index (χ0) is 18.5. The summed E-state index contributed by atoms with van der Waals surface area (Å²) < 4.78 is 9.63. The number of carbonyl (C=O) groups is 3. The summed E-state index contributed by atoms with van der Waals surface area (Å²) in [5, 5.41) is 5.24. The second kappa shape index (κ2) is 11.9. The zero-order valence-corrected chi connectivity index (χ0v) is 14.7. The number of methoxy groups -OCH3 is 1. The van der Waals surface area contributed by atoms with Crippen molar-refractivity contribution in [1.82, 2.24) is 10.6 Å². The number of ether oxygens (including phenoxy) is 2.